The van der Waals surface area contributed by atoms with Gasteiger partial charge in [0.1, 0.15) is 6.61 Å². The van der Waals surface area contributed by atoms with E-state index in [1.807, 2.05) is 41.8 Å². The largest absolute Gasteiger partial charge is 0.460 e. The molecule has 0 saturated carbocycles. The van der Waals surface area contributed by atoms with E-state index in [-0.39, 0.29) is 6.61 Å². The van der Waals surface area contributed by atoms with E-state index in [4.69, 9.17) is 32.7 Å². The fourth-order valence-corrected chi connectivity index (χ4v) is 3.83. The molecule has 150 valence electrons. The number of para-hydroxylation sites is 2. The van der Waals surface area contributed by atoms with Gasteiger partial charge < -0.3 is 14.8 Å². The smallest absolute Gasteiger partial charge is 0.338 e. The van der Waals surface area contributed by atoms with Crippen LogP contribution >= 0.6 is 23.2 Å². The summed E-state index contributed by atoms with van der Waals surface area (Å²) in [6, 6.07) is 12.6. The van der Waals surface area contributed by atoms with Gasteiger partial charge in [0.2, 0.25) is 5.95 Å². The van der Waals surface area contributed by atoms with Gasteiger partial charge in [0.25, 0.3) is 0 Å². The van der Waals surface area contributed by atoms with E-state index in [9.17, 15) is 4.79 Å². The van der Waals surface area contributed by atoms with Gasteiger partial charge in [0, 0.05) is 12.8 Å². The van der Waals surface area contributed by atoms with Gasteiger partial charge in [-0.05, 0) is 36.8 Å². The van der Waals surface area contributed by atoms with Crippen molar-refractivity contribution in [3.8, 4) is 0 Å². The number of carbonyl (C=O) groups excluding carboxylic acids is 1. The van der Waals surface area contributed by atoms with Gasteiger partial charge in [-0.25, -0.2) is 9.78 Å². The number of hydrogen-bond donors (Lipinski definition) is 1. The van der Waals surface area contributed by atoms with Crippen LogP contribution in [0.2, 0.25) is 10.0 Å². The number of allylic oxidation sites excluding steroid dienone is 1. The number of nitrogens with zero attached hydrogens (tertiary/aromatic N) is 2. The topological polar surface area (TPSA) is 65.4 Å². The summed E-state index contributed by atoms with van der Waals surface area (Å²) in [5.74, 6) is 0.222. The summed E-state index contributed by atoms with van der Waals surface area (Å²) in [5, 5.41) is 4.10. The first-order chi connectivity index (χ1) is 14.0. The highest BCUT2D eigenvalue weighted by Crippen LogP contribution is 2.40. The molecule has 1 aromatic heterocycles. The number of nitrogens with one attached hydrogen (secondary N) is 1. The number of anilines is 1. The lowest BCUT2D eigenvalue weighted by Gasteiger charge is -2.30. The second-order valence-corrected chi connectivity index (χ2v) is 7.48. The average Bonchev–Trinajstić information content (AvgIpc) is 3.07. The Hall–Kier alpha value is -2.54. The Bertz CT molecular complexity index is 1120. The fraction of sp³-hybridized carbons (Fsp3) is 0.238. The molecule has 1 atom stereocenters. The summed E-state index contributed by atoms with van der Waals surface area (Å²) < 4.78 is 12.4. The van der Waals surface area contributed by atoms with E-state index in [1.165, 1.54) is 0 Å². The second-order valence-electron chi connectivity index (χ2n) is 6.66. The van der Waals surface area contributed by atoms with Gasteiger partial charge >= 0.3 is 5.97 Å². The van der Waals surface area contributed by atoms with Crippen molar-refractivity contribution in [3.63, 3.8) is 0 Å². The van der Waals surface area contributed by atoms with Crippen LogP contribution in [-0.2, 0) is 14.3 Å². The Morgan fingerprint density at radius 2 is 1.97 bits per heavy atom. The van der Waals surface area contributed by atoms with E-state index >= 15 is 0 Å². The third-order valence-electron chi connectivity index (χ3n) is 4.83. The van der Waals surface area contributed by atoms with Crippen LogP contribution in [-0.4, -0.2) is 35.8 Å². The monoisotopic (exact) mass is 431 g/mol. The molecule has 2 aromatic carbocycles. The van der Waals surface area contributed by atoms with Gasteiger partial charge in [-0.3, -0.25) is 4.57 Å². The number of methoxy groups -OCH3 is 1. The Labute approximate surface area is 178 Å². The molecule has 2 heterocycles. The number of benzene rings is 2. The lowest BCUT2D eigenvalue weighted by molar-refractivity contribution is -0.140. The maximum Gasteiger partial charge on any atom is 0.338 e. The third kappa shape index (κ3) is 3.59. The highest BCUT2D eigenvalue weighted by Gasteiger charge is 2.35. The van der Waals surface area contributed by atoms with Crippen LogP contribution in [0.4, 0.5) is 5.95 Å². The maximum absolute atomic E-state index is 13.0. The normalized spacial score (nSPS) is 15.9. The fourth-order valence-electron chi connectivity index (χ4n) is 3.52. The average molecular weight is 432 g/mol. The molecule has 0 fully saturated rings. The van der Waals surface area contributed by atoms with Gasteiger partial charge in [-0.15, -0.1) is 0 Å². The standard InChI is InChI=1S/C21H19Cl2N3O3/c1-12-18(20(27)29-10-9-28-2)19(13-7-8-14(22)15(23)11-13)26-17-6-4-3-5-16(17)25-21(26)24-12/h3-8,11,19H,9-10H2,1-2H3,(H,24,25)/t19-/m1/s1. The minimum atomic E-state index is -0.469. The van der Waals surface area contributed by atoms with Gasteiger partial charge in [0.15, 0.2) is 0 Å². The Morgan fingerprint density at radius 1 is 1.17 bits per heavy atom. The van der Waals surface area contributed by atoms with Crippen LogP contribution < -0.4 is 5.32 Å². The van der Waals surface area contributed by atoms with Crippen molar-refractivity contribution in [2.45, 2.75) is 13.0 Å². The molecule has 0 amide bonds. The molecule has 1 aliphatic rings. The molecule has 0 unspecified atom stereocenters. The van der Waals surface area contributed by atoms with Gasteiger partial charge in [-0.1, -0.05) is 41.4 Å². The van der Waals surface area contributed by atoms with E-state index in [0.29, 0.717) is 33.9 Å². The van der Waals surface area contributed by atoms with Gasteiger partial charge in [0.05, 0.1) is 39.3 Å². The molecule has 0 radical (unpaired) electrons. The molecule has 1 aliphatic heterocycles. The van der Waals surface area contributed by atoms with E-state index < -0.39 is 12.0 Å². The molecule has 0 spiro atoms. The number of fused-ring (bicyclic) bond motifs is 3. The second kappa shape index (κ2) is 8.06. The van der Waals surface area contributed by atoms with Crippen molar-refractivity contribution in [2.24, 2.45) is 0 Å². The van der Waals surface area contributed by atoms with Crippen LogP contribution in [0.1, 0.15) is 18.5 Å². The van der Waals surface area contributed by atoms with E-state index in [1.54, 1.807) is 19.2 Å². The molecule has 6 nitrogen and oxygen atoms in total. The highest BCUT2D eigenvalue weighted by molar-refractivity contribution is 6.42. The molecule has 0 bridgehead atoms. The summed E-state index contributed by atoms with van der Waals surface area (Å²) in [6.07, 6.45) is 0. The van der Waals surface area contributed by atoms with Crippen molar-refractivity contribution in [1.82, 2.24) is 9.55 Å². The number of carbonyl (C=O) groups is 1. The molecule has 29 heavy (non-hydrogen) atoms. The first-order valence-electron chi connectivity index (χ1n) is 9.07. The number of hydrogen-bond acceptors (Lipinski definition) is 5. The minimum Gasteiger partial charge on any atom is -0.460 e. The molecule has 1 N–H and O–H groups in total. The zero-order chi connectivity index (χ0) is 20.5. The number of rotatable bonds is 5. The Kier molecular flexibility index (Phi) is 5.50. The third-order valence-corrected chi connectivity index (χ3v) is 5.57. The first kappa shape index (κ1) is 19.8. The highest BCUT2D eigenvalue weighted by atomic mass is 35.5. The number of esters is 1. The molecule has 3 aromatic rings. The molecular formula is C21H19Cl2N3O3. The van der Waals surface area contributed by atoms with Crippen molar-refractivity contribution in [1.29, 1.82) is 0 Å². The molecule has 0 saturated heterocycles. The summed E-state index contributed by atoms with van der Waals surface area (Å²) in [5.41, 5.74) is 3.67. The lowest BCUT2D eigenvalue weighted by atomic mass is 9.95. The molecular weight excluding hydrogens is 413 g/mol. The predicted molar refractivity (Wildman–Crippen MR) is 113 cm³/mol. The summed E-state index contributed by atoms with van der Waals surface area (Å²) in [7, 11) is 1.56. The SMILES string of the molecule is COCCOC(=O)C1=C(C)Nc2nc3ccccc3n2[C@@H]1c1ccc(Cl)c(Cl)c1. The zero-order valence-electron chi connectivity index (χ0n) is 15.9. The lowest BCUT2D eigenvalue weighted by Crippen LogP contribution is -2.29. The molecule has 4 rings (SSSR count). The van der Waals surface area contributed by atoms with Crippen LogP contribution in [0.15, 0.2) is 53.7 Å². The Balaban J connectivity index is 1.89. The summed E-state index contributed by atoms with van der Waals surface area (Å²) in [6.45, 7) is 2.32. The quantitative estimate of drug-likeness (QED) is 0.463. The predicted octanol–water partition coefficient (Wildman–Crippen LogP) is 4.82. The minimum absolute atomic E-state index is 0.164. The van der Waals surface area contributed by atoms with Crippen LogP contribution in [0, 0.1) is 0 Å². The molecule has 0 aliphatic carbocycles. The summed E-state index contributed by atoms with van der Waals surface area (Å²) >= 11 is 12.4. The Morgan fingerprint density at radius 3 is 2.72 bits per heavy atom. The van der Waals surface area contributed by atoms with Crippen molar-refractivity contribution in [2.75, 3.05) is 25.6 Å². The van der Waals surface area contributed by atoms with Crippen molar-refractivity contribution in [3.05, 3.63) is 69.3 Å². The maximum atomic E-state index is 13.0. The van der Waals surface area contributed by atoms with Crippen molar-refractivity contribution >= 4 is 46.2 Å². The van der Waals surface area contributed by atoms with Crippen LogP contribution in [0.3, 0.4) is 0 Å². The number of halogens is 2. The van der Waals surface area contributed by atoms with Gasteiger partial charge in [-0.2, -0.15) is 0 Å². The number of ether oxygens (including phenoxy) is 2. The number of aromatic nitrogens is 2. The van der Waals surface area contributed by atoms with Crippen molar-refractivity contribution < 1.29 is 14.3 Å². The van der Waals surface area contributed by atoms with Crippen LogP contribution in [0.5, 0.6) is 0 Å². The first-order valence-corrected chi connectivity index (χ1v) is 9.82. The van der Waals surface area contributed by atoms with E-state index in [2.05, 4.69) is 10.3 Å². The molecule has 8 heteroatoms. The van der Waals surface area contributed by atoms with Crippen LogP contribution in [0.25, 0.3) is 11.0 Å². The zero-order valence-corrected chi connectivity index (χ0v) is 17.4. The van der Waals surface area contributed by atoms with E-state index in [0.717, 1.165) is 16.6 Å². The summed E-state index contributed by atoms with van der Waals surface area (Å²) in [4.78, 5) is 17.7. The number of imidazole rings is 1.